The number of aryl methyl sites for hydroxylation is 1. The zero-order valence-corrected chi connectivity index (χ0v) is 19.7. The van der Waals surface area contributed by atoms with Gasteiger partial charge in [-0.25, -0.2) is 0 Å². The summed E-state index contributed by atoms with van der Waals surface area (Å²) in [5.74, 6) is 1.18. The molecule has 0 N–H and O–H groups in total. The minimum atomic E-state index is 0.449. The van der Waals surface area contributed by atoms with Crippen molar-refractivity contribution in [1.82, 2.24) is 24.6 Å². The summed E-state index contributed by atoms with van der Waals surface area (Å²) in [5, 5.41) is 5.32. The Morgan fingerprint density at radius 2 is 1.74 bits per heavy atom. The molecule has 0 spiro atoms. The standard InChI is InChI=1S/C28H31N5O/c1-32-26(12-13-29-32)27-24-6-2-3-7-25(24)30-28(31-27)34-19-21-16-23(17-21)22-10-8-20(9-11-22)18-33-14-4-5-15-33/h2-3,6-13,21,23H,4-5,14-19H2,1H3. The Kier molecular flexibility index (Phi) is 5.75. The predicted octanol–water partition coefficient (Wildman–Crippen LogP) is 5.20. The molecule has 0 bridgehead atoms. The molecule has 3 heterocycles. The maximum atomic E-state index is 6.12. The van der Waals surface area contributed by atoms with Crippen molar-refractivity contribution in [2.75, 3.05) is 19.7 Å². The second-order valence-corrected chi connectivity index (χ2v) is 9.78. The molecule has 0 unspecified atom stereocenters. The number of benzene rings is 2. The van der Waals surface area contributed by atoms with Gasteiger partial charge in [-0.3, -0.25) is 9.58 Å². The first-order valence-electron chi connectivity index (χ1n) is 12.4. The average Bonchev–Trinajstić information content (AvgIpc) is 3.50. The topological polar surface area (TPSA) is 56.1 Å². The smallest absolute Gasteiger partial charge is 0.317 e. The fourth-order valence-corrected chi connectivity index (χ4v) is 5.35. The molecule has 2 fully saturated rings. The number of aromatic nitrogens is 4. The van der Waals surface area contributed by atoms with Crippen molar-refractivity contribution in [1.29, 1.82) is 0 Å². The summed E-state index contributed by atoms with van der Waals surface area (Å²) in [6, 6.07) is 19.8. The monoisotopic (exact) mass is 453 g/mol. The summed E-state index contributed by atoms with van der Waals surface area (Å²) < 4.78 is 7.96. The number of rotatable bonds is 7. The van der Waals surface area contributed by atoms with Crippen molar-refractivity contribution in [3.05, 3.63) is 71.9 Å². The number of hydrogen-bond donors (Lipinski definition) is 0. The number of ether oxygens (including phenoxy) is 1. The second kappa shape index (κ2) is 9.18. The summed E-state index contributed by atoms with van der Waals surface area (Å²) in [4.78, 5) is 12.0. The van der Waals surface area contributed by atoms with Crippen LogP contribution in [-0.2, 0) is 13.6 Å². The lowest BCUT2D eigenvalue weighted by atomic mass is 9.72. The number of likely N-dealkylation sites (tertiary alicyclic amines) is 1. The molecule has 174 valence electrons. The van der Waals surface area contributed by atoms with Crippen LogP contribution in [-0.4, -0.2) is 44.3 Å². The van der Waals surface area contributed by atoms with Gasteiger partial charge in [-0.05, 0) is 73.9 Å². The molecule has 2 aromatic carbocycles. The molecule has 0 amide bonds. The quantitative estimate of drug-likeness (QED) is 0.385. The van der Waals surface area contributed by atoms with Crippen molar-refractivity contribution in [2.45, 2.75) is 38.1 Å². The zero-order valence-electron chi connectivity index (χ0n) is 19.7. The lowest BCUT2D eigenvalue weighted by Crippen LogP contribution is -2.27. The minimum Gasteiger partial charge on any atom is -0.463 e. The van der Waals surface area contributed by atoms with E-state index in [1.807, 2.05) is 42.1 Å². The molecular weight excluding hydrogens is 422 g/mol. The molecule has 0 radical (unpaired) electrons. The van der Waals surface area contributed by atoms with Crippen molar-refractivity contribution in [3.8, 4) is 17.4 Å². The molecule has 6 heteroatoms. The Bertz CT molecular complexity index is 1270. The predicted molar refractivity (Wildman–Crippen MR) is 134 cm³/mol. The van der Waals surface area contributed by atoms with Crippen LogP contribution in [0.2, 0.25) is 0 Å². The Morgan fingerprint density at radius 1 is 0.941 bits per heavy atom. The normalized spacial score (nSPS) is 20.5. The van der Waals surface area contributed by atoms with Crippen molar-refractivity contribution in [2.24, 2.45) is 13.0 Å². The molecule has 2 aliphatic rings. The van der Waals surface area contributed by atoms with E-state index in [0.29, 0.717) is 24.5 Å². The van der Waals surface area contributed by atoms with Gasteiger partial charge in [-0.2, -0.15) is 15.1 Å². The Labute approximate surface area is 200 Å². The van der Waals surface area contributed by atoms with Crippen LogP contribution in [0.3, 0.4) is 0 Å². The van der Waals surface area contributed by atoms with Crippen LogP contribution in [0.5, 0.6) is 6.01 Å². The summed E-state index contributed by atoms with van der Waals surface area (Å²) in [6.07, 6.45) is 6.80. The number of para-hydroxylation sites is 1. The van der Waals surface area contributed by atoms with E-state index in [9.17, 15) is 0 Å². The molecule has 34 heavy (non-hydrogen) atoms. The first-order valence-corrected chi connectivity index (χ1v) is 12.4. The van der Waals surface area contributed by atoms with E-state index < -0.39 is 0 Å². The van der Waals surface area contributed by atoms with E-state index in [1.54, 1.807) is 6.20 Å². The van der Waals surface area contributed by atoms with Gasteiger partial charge in [0, 0.05) is 25.2 Å². The maximum absolute atomic E-state index is 6.12. The minimum absolute atomic E-state index is 0.449. The third-order valence-electron chi connectivity index (χ3n) is 7.39. The third-order valence-corrected chi connectivity index (χ3v) is 7.39. The molecule has 1 saturated heterocycles. The van der Waals surface area contributed by atoms with Gasteiger partial charge in [-0.15, -0.1) is 0 Å². The van der Waals surface area contributed by atoms with Crippen LogP contribution in [0, 0.1) is 5.92 Å². The highest BCUT2D eigenvalue weighted by Gasteiger charge is 2.31. The molecule has 6 nitrogen and oxygen atoms in total. The molecule has 4 aromatic rings. The molecule has 1 aliphatic carbocycles. The van der Waals surface area contributed by atoms with Gasteiger partial charge in [0.1, 0.15) is 5.69 Å². The van der Waals surface area contributed by atoms with Gasteiger partial charge in [-0.1, -0.05) is 42.5 Å². The van der Waals surface area contributed by atoms with Gasteiger partial charge in [0.25, 0.3) is 0 Å². The van der Waals surface area contributed by atoms with Gasteiger partial charge in [0.2, 0.25) is 0 Å². The maximum Gasteiger partial charge on any atom is 0.317 e. The van der Waals surface area contributed by atoms with E-state index in [4.69, 9.17) is 9.72 Å². The molecule has 6 rings (SSSR count). The van der Waals surface area contributed by atoms with E-state index in [0.717, 1.165) is 41.7 Å². The summed E-state index contributed by atoms with van der Waals surface area (Å²) in [7, 11) is 1.93. The molecule has 2 aromatic heterocycles. The summed E-state index contributed by atoms with van der Waals surface area (Å²) in [6.45, 7) is 4.24. The van der Waals surface area contributed by atoms with Crippen molar-refractivity contribution in [3.63, 3.8) is 0 Å². The second-order valence-electron chi connectivity index (χ2n) is 9.78. The Morgan fingerprint density at radius 3 is 2.50 bits per heavy atom. The molecule has 1 saturated carbocycles. The number of nitrogens with zero attached hydrogens (tertiary/aromatic N) is 5. The SMILES string of the molecule is Cn1nccc1-c1nc(OCC2CC(c3ccc(CN4CCCC4)cc3)C2)nc2ccccc12. The van der Waals surface area contributed by atoms with E-state index in [1.165, 1.54) is 37.1 Å². The van der Waals surface area contributed by atoms with Crippen LogP contribution in [0.25, 0.3) is 22.3 Å². The highest BCUT2D eigenvalue weighted by molar-refractivity contribution is 5.91. The van der Waals surface area contributed by atoms with Crippen molar-refractivity contribution >= 4 is 10.9 Å². The van der Waals surface area contributed by atoms with Crippen LogP contribution in [0.15, 0.2) is 60.8 Å². The lowest BCUT2D eigenvalue weighted by Gasteiger charge is -2.35. The Balaban J connectivity index is 1.08. The number of fused-ring (bicyclic) bond motifs is 1. The van der Waals surface area contributed by atoms with E-state index in [2.05, 4.69) is 39.2 Å². The summed E-state index contributed by atoms with van der Waals surface area (Å²) >= 11 is 0. The fourth-order valence-electron chi connectivity index (χ4n) is 5.35. The lowest BCUT2D eigenvalue weighted by molar-refractivity contribution is 0.150. The number of hydrogen-bond acceptors (Lipinski definition) is 5. The van der Waals surface area contributed by atoms with E-state index in [-0.39, 0.29) is 0 Å². The van der Waals surface area contributed by atoms with Crippen LogP contribution < -0.4 is 4.74 Å². The van der Waals surface area contributed by atoms with Crippen LogP contribution in [0.1, 0.15) is 42.7 Å². The fraction of sp³-hybridized carbons (Fsp3) is 0.393. The first-order chi connectivity index (χ1) is 16.7. The van der Waals surface area contributed by atoms with Gasteiger partial charge >= 0.3 is 6.01 Å². The molecule has 1 aliphatic heterocycles. The highest BCUT2D eigenvalue weighted by Crippen LogP contribution is 2.42. The highest BCUT2D eigenvalue weighted by atomic mass is 16.5. The molecular formula is C28H31N5O. The largest absolute Gasteiger partial charge is 0.463 e. The van der Waals surface area contributed by atoms with Gasteiger partial charge < -0.3 is 4.74 Å². The van der Waals surface area contributed by atoms with Gasteiger partial charge in [0.15, 0.2) is 0 Å². The van der Waals surface area contributed by atoms with Gasteiger partial charge in [0.05, 0.1) is 17.8 Å². The van der Waals surface area contributed by atoms with Crippen LogP contribution >= 0.6 is 0 Å². The zero-order chi connectivity index (χ0) is 22.9. The Hall–Kier alpha value is -3.25. The van der Waals surface area contributed by atoms with Crippen LogP contribution in [0.4, 0.5) is 0 Å². The van der Waals surface area contributed by atoms with Crippen molar-refractivity contribution < 1.29 is 4.74 Å². The summed E-state index contributed by atoms with van der Waals surface area (Å²) in [5.41, 5.74) is 5.61. The average molecular weight is 454 g/mol. The molecule has 0 atom stereocenters. The van der Waals surface area contributed by atoms with E-state index >= 15 is 0 Å². The first kappa shape index (κ1) is 21.3. The third kappa shape index (κ3) is 4.30.